The van der Waals surface area contributed by atoms with Crippen LogP contribution in [-0.2, 0) is 9.59 Å². The summed E-state index contributed by atoms with van der Waals surface area (Å²) in [5.41, 5.74) is 5.55. The standard InChI is InChI=1S/C9H14N2O4/c10-6-2-1-5(3-6)8(13)11-7(4-12)9(14)15/h1-2,5-7,12H,3-4,10H2,(H,11,13)(H,14,15)/t5?,6?,7-/m0/s1. The Morgan fingerprint density at radius 1 is 1.53 bits per heavy atom. The molecule has 0 fully saturated rings. The van der Waals surface area contributed by atoms with Gasteiger partial charge in [-0.3, -0.25) is 4.79 Å². The average molecular weight is 214 g/mol. The fraction of sp³-hybridized carbons (Fsp3) is 0.556. The number of carboxylic acids is 1. The van der Waals surface area contributed by atoms with Crippen molar-refractivity contribution >= 4 is 11.9 Å². The van der Waals surface area contributed by atoms with E-state index in [0.717, 1.165) is 0 Å². The van der Waals surface area contributed by atoms with Crippen LogP contribution in [0.4, 0.5) is 0 Å². The Labute approximate surface area is 86.8 Å². The fourth-order valence-corrected chi connectivity index (χ4v) is 1.39. The van der Waals surface area contributed by atoms with Crippen LogP contribution in [0.25, 0.3) is 0 Å². The van der Waals surface area contributed by atoms with Gasteiger partial charge in [0, 0.05) is 6.04 Å². The van der Waals surface area contributed by atoms with Gasteiger partial charge in [0.15, 0.2) is 0 Å². The van der Waals surface area contributed by atoms with Gasteiger partial charge in [-0.05, 0) is 6.42 Å². The first kappa shape index (κ1) is 11.7. The van der Waals surface area contributed by atoms with Gasteiger partial charge in [0.2, 0.25) is 5.91 Å². The summed E-state index contributed by atoms with van der Waals surface area (Å²) >= 11 is 0. The van der Waals surface area contributed by atoms with Crippen LogP contribution < -0.4 is 11.1 Å². The molecule has 3 atom stereocenters. The molecule has 15 heavy (non-hydrogen) atoms. The smallest absolute Gasteiger partial charge is 0.328 e. The SMILES string of the molecule is NC1C=CC(C(=O)N[C@@H](CO)C(=O)O)C1. The zero-order chi connectivity index (χ0) is 11.4. The second kappa shape index (κ2) is 4.90. The highest BCUT2D eigenvalue weighted by Gasteiger charge is 2.26. The predicted octanol–water partition coefficient (Wildman–Crippen LogP) is -1.55. The number of nitrogens with one attached hydrogen (secondary N) is 1. The maximum atomic E-state index is 11.5. The molecule has 0 saturated heterocycles. The number of carboxylic acid groups (broad SMARTS) is 1. The molecule has 0 radical (unpaired) electrons. The third-order valence-electron chi connectivity index (χ3n) is 2.25. The van der Waals surface area contributed by atoms with Crippen LogP contribution in [0.1, 0.15) is 6.42 Å². The van der Waals surface area contributed by atoms with Crippen LogP contribution in [0.15, 0.2) is 12.2 Å². The summed E-state index contributed by atoms with van der Waals surface area (Å²) in [6.45, 7) is -0.621. The molecule has 0 aromatic rings. The lowest BCUT2D eigenvalue weighted by Gasteiger charge is -2.14. The van der Waals surface area contributed by atoms with Crippen molar-refractivity contribution in [1.82, 2.24) is 5.32 Å². The van der Waals surface area contributed by atoms with Gasteiger partial charge in [-0.2, -0.15) is 0 Å². The largest absolute Gasteiger partial charge is 0.480 e. The monoisotopic (exact) mass is 214 g/mol. The number of aliphatic hydroxyl groups excluding tert-OH is 1. The van der Waals surface area contributed by atoms with Crippen LogP contribution in [0, 0.1) is 5.92 Å². The summed E-state index contributed by atoms with van der Waals surface area (Å²) in [6.07, 6.45) is 3.83. The van der Waals surface area contributed by atoms with Crippen molar-refractivity contribution in [2.45, 2.75) is 18.5 Å². The number of hydrogen-bond acceptors (Lipinski definition) is 4. The summed E-state index contributed by atoms with van der Waals surface area (Å²) in [4.78, 5) is 22.0. The molecule has 0 aliphatic heterocycles. The molecule has 6 heteroatoms. The van der Waals surface area contributed by atoms with Gasteiger partial charge in [0.25, 0.3) is 0 Å². The Hall–Kier alpha value is -1.40. The normalized spacial score (nSPS) is 26.3. The first-order valence-corrected chi connectivity index (χ1v) is 4.62. The number of rotatable bonds is 4. The van der Waals surface area contributed by atoms with E-state index in [1.165, 1.54) is 0 Å². The number of nitrogens with two attached hydrogens (primary N) is 1. The topological polar surface area (TPSA) is 113 Å². The van der Waals surface area contributed by atoms with Crippen molar-refractivity contribution in [3.05, 3.63) is 12.2 Å². The number of carbonyl (C=O) groups excluding carboxylic acids is 1. The van der Waals surface area contributed by atoms with Gasteiger partial charge in [-0.25, -0.2) is 4.79 Å². The molecule has 1 aliphatic carbocycles. The molecule has 0 saturated carbocycles. The molecule has 5 N–H and O–H groups in total. The van der Waals surface area contributed by atoms with E-state index in [-0.39, 0.29) is 6.04 Å². The molecule has 0 aromatic carbocycles. The quantitative estimate of drug-likeness (QED) is 0.423. The first-order valence-electron chi connectivity index (χ1n) is 4.62. The number of hydrogen-bond donors (Lipinski definition) is 4. The maximum Gasteiger partial charge on any atom is 0.328 e. The minimum Gasteiger partial charge on any atom is -0.480 e. The van der Waals surface area contributed by atoms with Crippen molar-refractivity contribution in [3.63, 3.8) is 0 Å². The summed E-state index contributed by atoms with van der Waals surface area (Å²) < 4.78 is 0. The van der Waals surface area contributed by atoms with Crippen LogP contribution in [-0.4, -0.2) is 40.8 Å². The molecule has 0 spiro atoms. The Bertz CT molecular complexity index is 290. The molecule has 0 bridgehead atoms. The minimum absolute atomic E-state index is 0.154. The van der Waals surface area contributed by atoms with Gasteiger partial charge >= 0.3 is 5.97 Å². The maximum absolute atomic E-state index is 11.5. The molecular formula is C9H14N2O4. The summed E-state index contributed by atoms with van der Waals surface area (Å²) in [5.74, 6) is -2.06. The minimum atomic E-state index is -1.25. The lowest BCUT2D eigenvalue weighted by molar-refractivity contribution is -0.143. The molecular weight excluding hydrogens is 200 g/mol. The number of aliphatic hydroxyl groups is 1. The van der Waals surface area contributed by atoms with Crippen molar-refractivity contribution in [2.75, 3.05) is 6.61 Å². The van der Waals surface area contributed by atoms with E-state index >= 15 is 0 Å². The van der Waals surface area contributed by atoms with E-state index < -0.39 is 30.4 Å². The van der Waals surface area contributed by atoms with Crippen molar-refractivity contribution in [3.8, 4) is 0 Å². The van der Waals surface area contributed by atoms with E-state index in [9.17, 15) is 9.59 Å². The molecule has 2 unspecified atom stereocenters. The Morgan fingerprint density at radius 3 is 2.60 bits per heavy atom. The van der Waals surface area contributed by atoms with Gasteiger partial charge in [-0.1, -0.05) is 12.2 Å². The van der Waals surface area contributed by atoms with Crippen molar-refractivity contribution < 1.29 is 19.8 Å². The van der Waals surface area contributed by atoms with Gasteiger partial charge < -0.3 is 21.3 Å². The van der Waals surface area contributed by atoms with Crippen LogP contribution in [0.3, 0.4) is 0 Å². The highest BCUT2D eigenvalue weighted by atomic mass is 16.4. The summed E-state index contributed by atoms with van der Waals surface area (Å²) in [6, 6.07) is -1.40. The molecule has 6 nitrogen and oxygen atoms in total. The molecule has 1 aliphatic rings. The van der Waals surface area contributed by atoms with E-state index in [1.54, 1.807) is 12.2 Å². The molecule has 84 valence electrons. The zero-order valence-corrected chi connectivity index (χ0v) is 8.09. The Balaban J connectivity index is 2.48. The predicted molar refractivity (Wildman–Crippen MR) is 51.9 cm³/mol. The van der Waals surface area contributed by atoms with Crippen molar-refractivity contribution in [2.24, 2.45) is 11.7 Å². The van der Waals surface area contributed by atoms with E-state index in [2.05, 4.69) is 5.32 Å². The number of carbonyl (C=O) groups is 2. The highest BCUT2D eigenvalue weighted by Crippen LogP contribution is 2.16. The summed E-state index contributed by atoms with van der Waals surface area (Å²) in [5, 5.41) is 19.5. The number of amides is 1. The third kappa shape index (κ3) is 3.03. The average Bonchev–Trinajstić information content (AvgIpc) is 2.60. The van der Waals surface area contributed by atoms with E-state index in [1.807, 2.05) is 0 Å². The molecule has 1 rings (SSSR count). The van der Waals surface area contributed by atoms with Gasteiger partial charge in [0.1, 0.15) is 6.04 Å². The molecule has 1 amide bonds. The van der Waals surface area contributed by atoms with Gasteiger partial charge in [-0.15, -0.1) is 0 Å². The first-order chi connectivity index (χ1) is 7.04. The fourth-order valence-electron chi connectivity index (χ4n) is 1.39. The Morgan fingerprint density at radius 2 is 2.20 bits per heavy atom. The van der Waals surface area contributed by atoms with E-state index in [0.29, 0.717) is 6.42 Å². The van der Waals surface area contributed by atoms with Gasteiger partial charge in [0.05, 0.1) is 12.5 Å². The summed E-state index contributed by atoms with van der Waals surface area (Å²) in [7, 11) is 0. The lowest BCUT2D eigenvalue weighted by Crippen LogP contribution is -2.45. The second-order valence-corrected chi connectivity index (χ2v) is 3.47. The second-order valence-electron chi connectivity index (χ2n) is 3.47. The highest BCUT2D eigenvalue weighted by molar-refractivity contribution is 5.86. The lowest BCUT2D eigenvalue weighted by atomic mass is 10.1. The molecule has 0 aromatic heterocycles. The number of aliphatic carboxylic acids is 1. The molecule has 0 heterocycles. The van der Waals surface area contributed by atoms with Crippen molar-refractivity contribution in [1.29, 1.82) is 0 Å². The van der Waals surface area contributed by atoms with Crippen LogP contribution in [0.5, 0.6) is 0 Å². The van der Waals surface area contributed by atoms with E-state index in [4.69, 9.17) is 15.9 Å². The zero-order valence-electron chi connectivity index (χ0n) is 8.09. The Kier molecular flexibility index (Phi) is 3.81. The third-order valence-corrected chi connectivity index (χ3v) is 2.25. The van der Waals surface area contributed by atoms with Crippen LogP contribution >= 0.6 is 0 Å². The van der Waals surface area contributed by atoms with Crippen LogP contribution in [0.2, 0.25) is 0 Å².